The molecule has 5 heteroatoms. The van der Waals surface area contributed by atoms with Crippen LogP contribution in [0.3, 0.4) is 0 Å². The van der Waals surface area contributed by atoms with Gasteiger partial charge in [-0.15, -0.1) is 5.10 Å². The molecule has 0 aliphatic heterocycles. The van der Waals surface area contributed by atoms with E-state index in [2.05, 4.69) is 110 Å². The Morgan fingerprint density at radius 3 is 2.26 bits per heavy atom. The molecule has 0 amide bonds. The predicted octanol–water partition coefficient (Wildman–Crippen LogP) is 4.35. The molecule has 0 saturated heterocycles. The summed E-state index contributed by atoms with van der Waals surface area (Å²) in [5, 5.41) is 12.8. The zero-order valence-electron chi connectivity index (χ0n) is 16.9. The molecule has 1 aromatic heterocycles. The van der Waals surface area contributed by atoms with Gasteiger partial charge in [-0.25, -0.2) is 4.68 Å². The zero-order chi connectivity index (χ0) is 19.4. The van der Waals surface area contributed by atoms with Crippen LogP contribution in [0.5, 0.6) is 0 Å². The maximum atomic E-state index is 4.45. The highest BCUT2D eigenvalue weighted by Crippen LogP contribution is 2.30. The number of aromatic nitrogens is 4. The lowest BCUT2D eigenvalue weighted by Gasteiger charge is -2.32. The second-order valence-corrected chi connectivity index (χ2v) is 7.98. The van der Waals surface area contributed by atoms with Gasteiger partial charge < -0.3 is 0 Å². The summed E-state index contributed by atoms with van der Waals surface area (Å²) in [7, 11) is 0. The Bertz CT molecular complexity index is 846. The van der Waals surface area contributed by atoms with Crippen LogP contribution in [0.2, 0.25) is 0 Å². The molecule has 3 rings (SSSR count). The third kappa shape index (κ3) is 4.42. The molecule has 27 heavy (non-hydrogen) atoms. The first-order valence-corrected chi connectivity index (χ1v) is 9.53. The molecule has 0 radical (unpaired) electrons. The Morgan fingerprint density at radius 2 is 1.67 bits per heavy atom. The van der Waals surface area contributed by atoms with Crippen LogP contribution in [0, 0.1) is 6.92 Å². The fourth-order valence-corrected chi connectivity index (χ4v) is 3.32. The van der Waals surface area contributed by atoms with Crippen LogP contribution < -0.4 is 0 Å². The van der Waals surface area contributed by atoms with E-state index in [-0.39, 0.29) is 11.6 Å². The van der Waals surface area contributed by atoms with Crippen molar-refractivity contribution in [3.05, 3.63) is 77.1 Å². The van der Waals surface area contributed by atoms with Gasteiger partial charge in [-0.3, -0.25) is 4.90 Å². The van der Waals surface area contributed by atoms with Crippen molar-refractivity contribution in [1.82, 2.24) is 25.1 Å². The van der Waals surface area contributed by atoms with Crippen molar-refractivity contribution in [3.63, 3.8) is 0 Å². The van der Waals surface area contributed by atoms with Crippen LogP contribution in [0.4, 0.5) is 0 Å². The van der Waals surface area contributed by atoms with Crippen molar-refractivity contribution < 1.29 is 0 Å². The Balaban J connectivity index is 2.07. The first-order chi connectivity index (χ1) is 12.9. The molecule has 0 aliphatic carbocycles. The molecule has 1 heterocycles. The second kappa shape index (κ2) is 8.01. The number of hydrogen-bond donors (Lipinski definition) is 0. The molecule has 142 valence electrons. The van der Waals surface area contributed by atoms with Gasteiger partial charge in [-0.1, -0.05) is 67.1 Å². The molecule has 0 bridgehead atoms. The van der Waals surface area contributed by atoms with Crippen molar-refractivity contribution in [2.75, 3.05) is 6.54 Å². The van der Waals surface area contributed by atoms with Crippen LogP contribution in [0.1, 0.15) is 56.3 Å². The van der Waals surface area contributed by atoms with Gasteiger partial charge in [0.25, 0.3) is 0 Å². The summed E-state index contributed by atoms with van der Waals surface area (Å²) < 4.78 is 1.95. The average molecular weight is 364 g/mol. The molecular formula is C22H29N5. The van der Waals surface area contributed by atoms with E-state index in [1.54, 1.807) is 0 Å². The molecule has 0 saturated carbocycles. The highest BCUT2D eigenvalue weighted by atomic mass is 15.6. The Morgan fingerprint density at radius 1 is 1.00 bits per heavy atom. The molecule has 2 aromatic carbocycles. The number of aryl methyl sites for hydroxylation is 1. The largest absolute Gasteiger partial charge is 0.286 e. The fourth-order valence-electron chi connectivity index (χ4n) is 3.32. The Kier molecular flexibility index (Phi) is 5.71. The van der Waals surface area contributed by atoms with Crippen LogP contribution in [-0.2, 0) is 12.1 Å². The fraction of sp³-hybridized carbons (Fsp3) is 0.409. The molecule has 3 aromatic rings. The molecule has 0 aliphatic rings. The van der Waals surface area contributed by atoms with E-state index in [1.807, 2.05) is 4.68 Å². The summed E-state index contributed by atoms with van der Waals surface area (Å²) in [6, 6.07) is 19.2. The minimum Gasteiger partial charge on any atom is -0.286 e. The highest BCUT2D eigenvalue weighted by molar-refractivity contribution is 5.29. The average Bonchev–Trinajstić information content (AvgIpc) is 3.13. The van der Waals surface area contributed by atoms with Crippen LogP contribution in [-0.4, -0.2) is 31.7 Å². The first-order valence-electron chi connectivity index (χ1n) is 9.53. The standard InChI is InChI=1S/C22H29N5/c1-6-26(16-18-10-8-7-9-11-18)20(19-14-12-17(2)13-15-19)21-23-24-25-27(21)22(3,4)5/h7-15,20H,6,16H2,1-5H3/t20-/m1/s1. The van der Waals surface area contributed by atoms with Crippen molar-refractivity contribution in [3.8, 4) is 0 Å². The van der Waals surface area contributed by atoms with Crippen molar-refractivity contribution >= 4 is 0 Å². The number of rotatable bonds is 6. The third-order valence-electron chi connectivity index (χ3n) is 4.77. The summed E-state index contributed by atoms with van der Waals surface area (Å²) >= 11 is 0. The normalized spacial score (nSPS) is 13.1. The summed E-state index contributed by atoms with van der Waals surface area (Å²) in [4.78, 5) is 2.42. The second-order valence-electron chi connectivity index (χ2n) is 7.98. The Labute approximate surface area is 162 Å². The van der Waals surface area contributed by atoms with Gasteiger partial charge >= 0.3 is 0 Å². The lowest BCUT2D eigenvalue weighted by Crippen LogP contribution is -2.35. The maximum Gasteiger partial charge on any atom is 0.173 e. The predicted molar refractivity (Wildman–Crippen MR) is 108 cm³/mol. The van der Waals surface area contributed by atoms with Gasteiger partial charge in [0, 0.05) is 6.54 Å². The minimum absolute atomic E-state index is 0.00923. The van der Waals surface area contributed by atoms with Crippen LogP contribution in [0.15, 0.2) is 54.6 Å². The van der Waals surface area contributed by atoms with Crippen LogP contribution >= 0.6 is 0 Å². The van der Waals surface area contributed by atoms with Crippen molar-refractivity contribution in [1.29, 1.82) is 0 Å². The van der Waals surface area contributed by atoms with E-state index in [0.717, 1.165) is 18.9 Å². The third-order valence-corrected chi connectivity index (χ3v) is 4.77. The summed E-state index contributed by atoms with van der Waals surface area (Å²) in [5.74, 6) is 0.879. The smallest absolute Gasteiger partial charge is 0.173 e. The number of nitrogens with zero attached hydrogens (tertiary/aromatic N) is 5. The van der Waals surface area contributed by atoms with E-state index in [1.165, 1.54) is 16.7 Å². The monoisotopic (exact) mass is 363 g/mol. The van der Waals surface area contributed by atoms with Gasteiger partial charge in [-0.05, 0) is 55.8 Å². The number of hydrogen-bond acceptors (Lipinski definition) is 4. The first kappa shape index (κ1) is 19.2. The lowest BCUT2D eigenvalue weighted by atomic mass is 10.0. The van der Waals surface area contributed by atoms with E-state index in [9.17, 15) is 0 Å². The van der Waals surface area contributed by atoms with E-state index in [4.69, 9.17) is 0 Å². The summed E-state index contributed by atoms with van der Waals surface area (Å²) in [5.41, 5.74) is 3.55. The molecular weight excluding hydrogens is 334 g/mol. The number of tetrazole rings is 1. The quantitative estimate of drug-likeness (QED) is 0.653. The Hall–Kier alpha value is -2.53. The highest BCUT2D eigenvalue weighted by Gasteiger charge is 2.30. The van der Waals surface area contributed by atoms with Gasteiger partial charge in [0.05, 0.1) is 11.6 Å². The molecule has 5 nitrogen and oxygen atoms in total. The van der Waals surface area contributed by atoms with Crippen molar-refractivity contribution in [2.24, 2.45) is 0 Å². The van der Waals surface area contributed by atoms with Crippen LogP contribution in [0.25, 0.3) is 0 Å². The maximum absolute atomic E-state index is 4.45. The molecule has 0 unspecified atom stereocenters. The zero-order valence-corrected chi connectivity index (χ0v) is 16.9. The van der Waals surface area contributed by atoms with Gasteiger partial charge in [-0.2, -0.15) is 0 Å². The molecule has 1 atom stereocenters. The summed E-state index contributed by atoms with van der Waals surface area (Å²) in [6.45, 7) is 12.4. The topological polar surface area (TPSA) is 46.8 Å². The summed E-state index contributed by atoms with van der Waals surface area (Å²) in [6.07, 6.45) is 0. The van der Waals surface area contributed by atoms with E-state index >= 15 is 0 Å². The SMILES string of the molecule is CCN(Cc1ccccc1)[C@H](c1ccc(C)cc1)c1nnnn1C(C)(C)C. The van der Waals surface area contributed by atoms with E-state index in [0.29, 0.717) is 0 Å². The van der Waals surface area contributed by atoms with Gasteiger partial charge in [0.1, 0.15) is 0 Å². The van der Waals surface area contributed by atoms with Gasteiger partial charge in [0.2, 0.25) is 0 Å². The lowest BCUT2D eigenvalue weighted by molar-refractivity contribution is 0.203. The molecule has 0 fully saturated rings. The number of benzene rings is 2. The molecule has 0 N–H and O–H groups in total. The van der Waals surface area contributed by atoms with E-state index < -0.39 is 0 Å². The van der Waals surface area contributed by atoms with Crippen molar-refractivity contribution in [2.45, 2.75) is 52.7 Å². The minimum atomic E-state index is -0.187. The van der Waals surface area contributed by atoms with Gasteiger partial charge in [0.15, 0.2) is 5.82 Å². The molecule has 0 spiro atoms.